The van der Waals surface area contributed by atoms with Crippen molar-refractivity contribution in [3.63, 3.8) is 0 Å². The first kappa shape index (κ1) is 25.6. The molecule has 0 radical (unpaired) electrons. The number of primary amides is 1. The standard InChI is InChI=1S/C25H31F3N2O2S/c1-15-4-6-19(16(2)12-15)18-5-7-22(30-14-18)24(32,25(26,27)28)9-11-33-10-8-20(23(29)31)21-13-17(21)3/h4-7,12,14,17,20-21,32H,8-11,13H2,1-3H3,(H2,29,31). The average molecular weight is 481 g/mol. The third kappa shape index (κ3) is 5.90. The number of hydrogen-bond donors (Lipinski definition) is 2. The maximum absolute atomic E-state index is 13.9. The van der Waals surface area contributed by atoms with Gasteiger partial charge in [-0.1, -0.05) is 36.8 Å². The first-order chi connectivity index (χ1) is 15.4. The predicted octanol–water partition coefficient (Wildman–Crippen LogP) is 5.39. The summed E-state index contributed by atoms with van der Waals surface area (Å²) in [6, 6.07) is 8.67. The van der Waals surface area contributed by atoms with Crippen LogP contribution in [0.2, 0.25) is 0 Å². The zero-order valence-electron chi connectivity index (χ0n) is 19.2. The van der Waals surface area contributed by atoms with Gasteiger partial charge in [-0.25, -0.2) is 0 Å². The number of pyridine rings is 1. The molecule has 2 aromatic rings. The Labute approximate surface area is 197 Å². The Kier molecular flexibility index (Phi) is 7.79. The monoisotopic (exact) mass is 480 g/mol. The summed E-state index contributed by atoms with van der Waals surface area (Å²) < 4.78 is 41.6. The number of amides is 1. The fourth-order valence-electron chi connectivity index (χ4n) is 4.36. The summed E-state index contributed by atoms with van der Waals surface area (Å²) >= 11 is 1.29. The van der Waals surface area contributed by atoms with Crippen molar-refractivity contribution in [2.45, 2.75) is 51.8 Å². The Hall–Kier alpha value is -2.06. The van der Waals surface area contributed by atoms with E-state index in [9.17, 15) is 23.1 Å². The van der Waals surface area contributed by atoms with E-state index in [1.54, 1.807) is 6.07 Å². The fourth-order valence-corrected chi connectivity index (χ4v) is 5.43. The number of benzene rings is 1. The van der Waals surface area contributed by atoms with Crippen molar-refractivity contribution in [1.82, 2.24) is 4.98 Å². The van der Waals surface area contributed by atoms with E-state index >= 15 is 0 Å². The van der Waals surface area contributed by atoms with E-state index in [1.807, 2.05) is 32.0 Å². The van der Waals surface area contributed by atoms with Gasteiger partial charge >= 0.3 is 6.18 Å². The van der Waals surface area contributed by atoms with Crippen molar-refractivity contribution in [3.05, 3.63) is 53.3 Å². The van der Waals surface area contributed by atoms with Gasteiger partial charge in [-0.05, 0) is 73.6 Å². The summed E-state index contributed by atoms with van der Waals surface area (Å²) in [5, 5.41) is 10.6. The van der Waals surface area contributed by atoms with E-state index in [0.29, 0.717) is 23.7 Å². The molecule has 4 atom stereocenters. The molecule has 3 rings (SSSR count). The van der Waals surface area contributed by atoms with Crippen LogP contribution in [-0.2, 0) is 10.4 Å². The number of halogens is 3. The molecular weight excluding hydrogens is 449 g/mol. The molecule has 1 fully saturated rings. The minimum absolute atomic E-state index is 0.0855. The van der Waals surface area contributed by atoms with E-state index in [4.69, 9.17) is 5.73 Å². The summed E-state index contributed by atoms with van der Waals surface area (Å²) in [6.45, 7) is 5.97. The highest BCUT2D eigenvalue weighted by Crippen LogP contribution is 2.46. The molecule has 0 aliphatic heterocycles. The molecule has 1 aliphatic carbocycles. The quantitative estimate of drug-likeness (QED) is 0.447. The minimum Gasteiger partial charge on any atom is -0.375 e. The molecular formula is C25H31F3N2O2S. The highest BCUT2D eigenvalue weighted by atomic mass is 32.2. The van der Waals surface area contributed by atoms with Crippen LogP contribution in [-0.4, -0.2) is 33.7 Å². The summed E-state index contributed by atoms with van der Waals surface area (Å²) in [5.41, 5.74) is 5.72. The lowest BCUT2D eigenvalue weighted by Crippen LogP contribution is -2.43. The van der Waals surface area contributed by atoms with E-state index in [2.05, 4.69) is 11.9 Å². The van der Waals surface area contributed by atoms with Gasteiger partial charge in [0.1, 0.15) is 0 Å². The normalized spacial score (nSPS) is 20.8. The van der Waals surface area contributed by atoms with Gasteiger partial charge in [0, 0.05) is 17.7 Å². The van der Waals surface area contributed by atoms with Crippen LogP contribution >= 0.6 is 11.8 Å². The molecule has 4 unspecified atom stereocenters. The summed E-state index contributed by atoms with van der Waals surface area (Å²) in [7, 11) is 0. The number of aliphatic hydroxyl groups is 1. The van der Waals surface area contributed by atoms with Crippen molar-refractivity contribution >= 4 is 17.7 Å². The van der Waals surface area contributed by atoms with Gasteiger partial charge in [-0.2, -0.15) is 24.9 Å². The molecule has 8 heteroatoms. The average Bonchev–Trinajstić information content (AvgIpc) is 3.45. The molecule has 4 nitrogen and oxygen atoms in total. The number of aryl methyl sites for hydroxylation is 2. The van der Waals surface area contributed by atoms with E-state index in [0.717, 1.165) is 23.1 Å². The van der Waals surface area contributed by atoms with E-state index < -0.39 is 23.9 Å². The van der Waals surface area contributed by atoms with Crippen LogP contribution in [0.15, 0.2) is 36.5 Å². The summed E-state index contributed by atoms with van der Waals surface area (Å²) in [5.74, 6) is 0.792. The number of nitrogens with two attached hydrogens (primary N) is 1. The first-order valence-electron chi connectivity index (χ1n) is 11.1. The molecule has 1 heterocycles. The zero-order valence-corrected chi connectivity index (χ0v) is 20.0. The first-order valence-corrected chi connectivity index (χ1v) is 12.3. The van der Waals surface area contributed by atoms with Gasteiger partial charge in [0.05, 0.1) is 5.69 Å². The molecule has 0 spiro atoms. The number of aromatic nitrogens is 1. The molecule has 0 bridgehead atoms. The van der Waals surface area contributed by atoms with E-state index in [1.165, 1.54) is 24.0 Å². The summed E-state index contributed by atoms with van der Waals surface area (Å²) in [4.78, 5) is 15.7. The summed E-state index contributed by atoms with van der Waals surface area (Å²) in [6.07, 6.45) is -2.48. The van der Waals surface area contributed by atoms with Gasteiger partial charge in [0.25, 0.3) is 0 Å². The maximum atomic E-state index is 13.9. The second kappa shape index (κ2) is 10.1. The van der Waals surface area contributed by atoms with E-state index in [-0.39, 0.29) is 23.5 Å². The third-order valence-corrected chi connectivity index (χ3v) is 7.60. The Morgan fingerprint density at radius 3 is 2.45 bits per heavy atom. The lowest BCUT2D eigenvalue weighted by atomic mass is 9.93. The number of rotatable bonds is 10. The lowest BCUT2D eigenvalue weighted by molar-refractivity contribution is -0.268. The lowest BCUT2D eigenvalue weighted by Gasteiger charge is -2.30. The highest BCUT2D eigenvalue weighted by Gasteiger charge is 2.55. The van der Waals surface area contributed by atoms with Crippen molar-refractivity contribution in [3.8, 4) is 11.1 Å². The van der Waals surface area contributed by atoms with Gasteiger partial charge in [0.2, 0.25) is 11.5 Å². The molecule has 3 N–H and O–H groups in total. The van der Waals surface area contributed by atoms with Crippen LogP contribution in [0.3, 0.4) is 0 Å². The number of nitrogens with zero attached hydrogens (tertiary/aromatic N) is 1. The van der Waals surface area contributed by atoms with Crippen molar-refractivity contribution in [2.75, 3.05) is 11.5 Å². The van der Waals surface area contributed by atoms with Crippen LogP contribution in [0.4, 0.5) is 13.2 Å². The zero-order chi connectivity index (χ0) is 24.4. The van der Waals surface area contributed by atoms with Crippen molar-refractivity contribution in [2.24, 2.45) is 23.5 Å². The molecule has 1 aromatic carbocycles. The Morgan fingerprint density at radius 1 is 1.24 bits per heavy atom. The molecule has 180 valence electrons. The van der Waals surface area contributed by atoms with Crippen molar-refractivity contribution < 1.29 is 23.1 Å². The van der Waals surface area contributed by atoms with Crippen LogP contribution in [0.5, 0.6) is 0 Å². The van der Waals surface area contributed by atoms with Crippen LogP contribution in [0.25, 0.3) is 11.1 Å². The van der Waals surface area contributed by atoms with Gasteiger partial charge < -0.3 is 10.8 Å². The number of carbonyl (C=O) groups is 1. The molecule has 1 aliphatic rings. The fraction of sp³-hybridized carbons (Fsp3) is 0.520. The Morgan fingerprint density at radius 2 is 1.94 bits per heavy atom. The molecule has 0 saturated heterocycles. The van der Waals surface area contributed by atoms with Gasteiger partial charge in [-0.15, -0.1) is 0 Å². The maximum Gasteiger partial charge on any atom is 0.423 e. The topological polar surface area (TPSA) is 76.2 Å². The second-order valence-corrected chi connectivity index (χ2v) is 10.4. The smallest absolute Gasteiger partial charge is 0.375 e. The van der Waals surface area contributed by atoms with Crippen LogP contribution in [0, 0.1) is 31.6 Å². The minimum atomic E-state index is -4.86. The van der Waals surface area contributed by atoms with Crippen LogP contribution in [0.1, 0.15) is 43.0 Å². The molecule has 1 aromatic heterocycles. The largest absolute Gasteiger partial charge is 0.423 e. The highest BCUT2D eigenvalue weighted by molar-refractivity contribution is 7.99. The number of thioether (sulfide) groups is 1. The number of carbonyl (C=O) groups excluding carboxylic acids is 1. The molecule has 33 heavy (non-hydrogen) atoms. The Balaban J connectivity index is 1.65. The Bertz CT molecular complexity index is 981. The molecule has 1 saturated carbocycles. The predicted molar refractivity (Wildman–Crippen MR) is 126 cm³/mol. The molecule has 1 amide bonds. The van der Waals surface area contributed by atoms with Gasteiger partial charge in [-0.3, -0.25) is 9.78 Å². The SMILES string of the molecule is Cc1ccc(-c2ccc(C(O)(CCSCCC(C(N)=O)C3CC3C)C(F)(F)F)nc2)c(C)c1. The van der Waals surface area contributed by atoms with Gasteiger partial charge in [0.15, 0.2) is 0 Å². The number of alkyl halides is 3. The number of hydrogen-bond acceptors (Lipinski definition) is 4. The van der Waals surface area contributed by atoms with Crippen molar-refractivity contribution in [1.29, 1.82) is 0 Å². The van der Waals surface area contributed by atoms with Crippen LogP contribution < -0.4 is 5.73 Å². The second-order valence-electron chi connectivity index (χ2n) is 9.15. The third-order valence-electron chi connectivity index (χ3n) is 6.58.